The van der Waals surface area contributed by atoms with Crippen LogP contribution in [0.4, 0.5) is 5.95 Å². The number of imidazole rings is 1. The lowest BCUT2D eigenvalue weighted by Crippen LogP contribution is -2.14. The zero-order chi connectivity index (χ0) is 19.9. The molecule has 1 unspecified atom stereocenters. The van der Waals surface area contributed by atoms with Crippen molar-refractivity contribution in [1.82, 2.24) is 19.5 Å². The van der Waals surface area contributed by atoms with E-state index in [2.05, 4.69) is 33.3 Å². The van der Waals surface area contributed by atoms with Gasteiger partial charge in [-0.25, -0.2) is 4.98 Å². The maximum Gasteiger partial charge on any atom is 0.225 e. The first kappa shape index (κ1) is 21.2. The summed E-state index contributed by atoms with van der Waals surface area (Å²) in [6, 6.07) is 0. The molecule has 2 aromatic rings. The number of hydrogen-bond acceptors (Lipinski definition) is 6. The number of hydrogen-bond donors (Lipinski definition) is 1. The van der Waals surface area contributed by atoms with Crippen LogP contribution in [0.5, 0.6) is 0 Å². The van der Waals surface area contributed by atoms with E-state index in [4.69, 9.17) is 16.3 Å². The minimum atomic E-state index is -0.233. The zero-order valence-electron chi connectivity index (χ0n) is 16.9. The molecule has 28 heavy (non-hydrogen) atoms. The quantitative estimate of drug-likeness (QED) is 0.626. The van der Waals surface area contributed by atoms with Crippen LogP contribution < -0.4 is 5.32 Å². The summed E-state index contributed by atoms with van der Waals surface area (Å²) in [5.74, 6) is 2.70. The lowest BCUT2D eigenvalue weighted by Gasteiger charge is -2.23. The van der Waals surface area contributed by atoms with Crippen LogP contribution in [-0.2, 0) is 4.74 Å². The number of nitrogens with one attached hydrogen (secondary N) is 1. The molecular weight excluding hydrogens is 394 g/mol. The largest absolute Gasteiger partial charge is 0.474 e. The van der Waals surface area contributed by atoms with Gasteiger partial charge in [0.1, 0.15) is 17.6 Å². The molecule has 1 N–H and O–H groups in total. The summed E-state index contributed by atoms with van der Waals surface area (Å²) in [6.45, 7) is 4.25. The molecule has 0 bridgehead atoms. The Balaban J connectivity index is 1.79. The van der Waals surface area contributed by atoms with Crippen LogP contribution in [-0.4, -0.2) is 37.6 Å². The van der Waals surface area contributed by atoms with Crippen molar-refractivity contribution in [2.45, 2.75) is 70.3 Å². The van der Waals surface area contributed by atoms with Crippen LogP contribution in [0.3, 0.4) is 0 Å². The van der Waals surface area contributed by atoms with Crippen LogP contribution >= 0.6 is 23.4 Å². The Morgan fingerprint density at radius 3 is 2.75 bits per heavy atom. The van der Waals surface area contributed by atoms with Gasteiger partial charge in [0.2, 0.25) is 5.95 Å². The van der Waals surface area contributed by atoms with E-state index in [1.54, 1.807) is 13.4 Å². The Bertz CT molecular complexity index is 809. The molecule has 2 aromatic heterocycles. The second-order valence-corrected chi connectivity index (χ2v) is 8.97. The third kappa shape index (κ3) is 5.32. The highest BCUT2D eigenvalue weighted by molar-refractivity contribution is 8.00. The Morgan fingerprint density at radius 2 is 1.96 bits per heavy atom. The van der Waals surface area contributed by atoms with Crippen LogP contribution in [0.15, 0.2) is 18.2 Å². The van der Waals surface area contributed by atoms with Crippen molar-refractivity contribution in [3.8, 4) is 0 Å². The number of thioether (sulfide) groups is 1. The maximum atomic E-state index is 6.41. The van der Waals surface area contributed by atoms with Gasteiger partial charge >= 0.3 is 0 Å². The van der Waals surface area contributed by atoms with Crippen LogP contribution in [0.2, 0.25) is 5.15 Å². The molecule has 3 rings (SSSR count). The van der Waals surface area contributed by atoms with Crippen molar-refractivity contribution >= 4 is 40.5 Å². The first-order chi connectivity index (χ1) is 13.6. The summed E-state index contributed by atoms with van der Waals surface area (Å²) < 4.78 is 8.33. The number of nitrogens with zero attached hydrogens (tertiary/aromatic N) is 4. The van der Waals surface area contributed by atoms with E-state index < -0.39 is 0 Å². The van der Waals surface area contributed by atoms with Crippen molar-refractivity contribution in [1.29, 1.82) is 0 Å². The summed E-state index contributed by atoms with van der Waals surface area (Å²) in [6.07, 6.45) is 12.7. The van der Waals surface area contributed by atoms with Gasteiger partial charge in [-0.3, -0.25) is 4.57 Å². The molecule has 1 aliphatic rings. The second kappa shape index (κ2) is 10.3. The summed E-state index contributed by atoms with van der Waals surface area (Å²) in [4.78, 5) is 13.1. The average molecular weight is 424 g/mol. The zero-order valence-corrected chi connectivity index (χ0v) is 18.5. The van der Waals surface area contributed by atoms with Crippen molar-refractivity contribution in [3.63, 3.8) is 0 Å². The van der Waals surface area contributed by atoms with Gasteiger partial charge in [-0.05, 0) is 44.9 Å². The van der Waals surface area contributed by atoms with Gasteiger partial charge < -0.3 is 10.1 Å². The summed E-state index contributed by atoms with van der Waals surface area (Å²) in [5, 5.41) is 3.62. The lowest BCUT2D eigenvalue weighted by molar-refractivity contribution is 0.0719. The van der Waals surface area contributed by atoms with Crippen LogP contribution in [0.25, 0.3) is 11.2 Å². The molecule has 0 saturated heterocycles. The molecule has 0 saturated carbocycles. The molecule has 154 valence electrons. The van der Waals surface area contributed by atoms with E-state index >= 15 is 0 Å². The number of rotatable bonds is 4. The van der Waals surface area contributed by atoms with Crippen molar-refractivity contribution < 1.29 is 4.74 Å². The van der Waals surface area contributed by atoms with Crippen molar-refractivity contribution in [2.75, 3.05) is 18.1 Å². The summed E-state index contributed by atoms with van der Waals surface area (Å²) in [5.41, 5.74) is 1.26. The van der Waals surface area contributed by atoms with Crippen molar-refractivity contribution in [3.05, 3.63) is 23.3 Å². The molecular formula is C20H30ClN5OS. The highest BCUT2D eigenvalue weighted by Gasteiger charge is 2.19. The number of fused-ring (bicyclic) bond motifs is 1. The monoisotopic (exact) mass is 423 g/mol. The minimum absolute atomic E-state index is 0.233. The van der Waals surface area contributed by atoms with E-state index in [9.17, 15) is 0 Å². The van der Waals surface area contributed by atoms with E-state index in [-0.39, 0.29) is 6.23 Å². The Labute approximate surface area is 176 Å². The SMILES string of the molecule is CNc1nc(Cl)c2ncn(C(C)O/C3=C/CCCCCCCCS[C@H]3C)c2n1. The first-order valence-electron chi connectivity index (χ1n) is 10.2. The molecule has 6 nitrogen and oxygen atoms in total. The van der Waals surface area contributed by atoms with Gasteiger partial charge in [0, 0.05) is 7.05 Å². The van der Waals surface area contributed by atoms with Gasteiger partial charge in [0.05, 0.1) is 5.25 Å². The molecule has 0 aromatic carbocycles. The molecule has 2 atom stereocenters. The number of ether oxygens (including phenoxy) is 1. The average Bonchev–Trinajstić information content (AvgIpc) is 3.11. The Morgan fingerprint density at radius 1 is 1.21 bits per heavy atom. The molecule has 0 amide bonds. The fourth-order valence-corrected chi connectivity index (χ4v) is 4.62. The van der Waals surface area contributed by atoms with E-state index in [0.717, 1.165) is 12.2 Å². The highest BCUT2D eigenvalue weighted by Crippen LogP contribution is 2.29. The molecule has 0 aliphatic carbocycles. The third-order valence-electron chi connectivity index (χ3n) is 5.01. The number of halogens is 1. The van der Waals surface area contributed by atoms with E-state index in [1.165, 1.54) is 44.3 Å². The van der Waals surface area contributed by atoms with Gasteiger partial charge in [0.15, 0.2) is 17.0 Å². The molecule has 0 fully saturated rings. The predicted molar refractivity (Wildman–Crippen MR) is 118 cm³/mol. The number of allylic oxidation sites excluding steroid dienone is 1. The number of aromatic nitrogens is 4. The van der Waals surface area contributed by atoms with E-state index in [0.29, 0.717) is 27.5 Å². The topological polar surface area (TPSA) is 64.9 Å². The number of anilines is 1. The van der Waals surface area contributed by atoms with Crippen LogP contribution in [0, 0.1) is 0 Å². The van der Waals surface area contributed by atoms with E-state index in [1.807, 2.05) is 23.3 Å². The molecule has 8 heteroatoms. The maximum absolute atomic E-state index is 6.41. The Hall–Kier alpha value is -1.47. The van der Waals surface area contributed by atoms with Gasteiger partial charge in [-0.2, -0.15) is 21.7 Å². The molecule has 3 heterocycles. The fourth-order valence-electron chi connectivity index (χ4n) is 3.36. The lowest BCUT2D eigenvalue weighted by atomic mass is 10.1. The molecule has 0 radical (unpaired) electrons. The molecule has 1 aliphatic heterocycles. The Kier molecular flexibility index (Phi) is 7.85. The minimum Gasteiger partial charge on any atom is -0.474 e. The summed E-state index contributed by atoms with van der Waals surface area (Å²) >= 11 is 8.23. The standard InChI is InChI=1S/C20H30ClN5OS/c1-14-16(11-9-7-5-4-6-8-10-12-28-14)27-15(2)26-13-23-17-18(21)24-20(22-3)25-19(17)26/h11,13-15H,4-10,12H2,1-3H3,(H,22,24,25)/b16-11+/t14-,15?/m0/s1. The molecule has 0 spiro atoms. The third-order valence-corrected chi connectivity index (χ3v) is 6.53. The van der Waals surface area contributed by atoms with Crippen LogP contribution in [0.1, 0.15) is 65.0 Å². The smallest absolute Gasteiger partial charge is 0.225 e. The predicted octanol–water partition coefficient (Wildman–Crippen LogP) is 5.81. The fraction of sp³-hybridized carbons (Fsp3) is 0.650. The van der Waals surface area contributed by atoms with Gasteiger partial charge in [-0.1, -0.05) is 37.3 Å². The van der Waals surface area contributed by atoms with Gasteiger partial charge in [0.25, 0.3) is 0 Å². The normalized spacial score (nSPS) is 22.6. The first-order valence-corrected chi connectivity index (χ1v) is 11.6. The van der Waals surface area contributed by atoms with Gasteiger partial charge in [-0.15, -0.1) is 0 Å². The second-order valence-electron chi connectivity index (χ2n) is 7.16. The summed E-state index contributed by atoms with van der Waals surface area (Å²) in [7, 11) is 1.77. The van der Waals surface area contributed by atoms with Crippen molar-refractivity contribution in [2.24, 2.45) is 0 Å². The highest BCUT2D eigenvalue weighted by atomic mass is 35.5.